The maximum Gasteiger partial charge on any atom is 0.151 e. The van der Waals surface area contributed by atoms with Gasteiger partial charge in [-0.15, -0.1) is 0 Å². The van der Waals surface area contributed by atoms with E-state index in [1.165, 1.54) is 0 Å². The predicted molar refractivity (Wildman–Crippen MR) is 73.3 cm³/mol. The van der Waals surface area contributed by atoms with Crippen LogP contribution < -0.4 is 0 Å². The second kappa shape index (κ2) is 5.06. The van der Waals surface area contributed by atoms with Crippen LogP contribution in [0.25, 0.3) is 0 Å². The monoisotopic (exact) mass is 284 g/mol. The summed E-state index contributed by atoms with van der Waals surface area (Å²) in [6, 6.07) is 0. The van der Waals surface area contributed by atoms with E-state index >= 15 is 4.39 Å². The second-order valence-corrected chi connectivity index (χ2v) is 6.87. The summed E-state index contributed by atoms with van der Waals surface area (Å²) in [5, 5.41) is 0. The Bertz CT molecular complexity index is 345. The molecule has 3 fully saturated rings. The molecule has 0 saturated heterocycles. The number of hydrogen-bond acceptors (Lipinski definition) is 3. The van der Waals surface area contributed by atoms with E-state index in [2.05, 4.69) is 0 Å². The largest absolute Gasteiger partial charge is 0.381 e. The summed E-state index contributed by atoms with van der Waals surface area (Å²) in [6.45, 7) is 0. The van der Waals surface area contributed by atoms with Crippen molar-refractivity contribution in [3.05, 3.63) is 0 Å². The average molecular weight is 284 g/mol. The Morgan fingerprint density at radius 1 is 0.900 bits per heavy atom. The minimum Gasteiger partial charge on any atom is -0.381 e. The van der Waals surface area contributed by atoms with Crippen LogP contribution in [0, 0.1) is 10.8 Å². The van der Waals surface area contributed by atoms with Crippen molar-refractivity contribution in [2.75, 3.05) is 14.2 Å². The first kappa shape index (κ1) is 14.5. The lowest BCUT2D eigenvalue weighted by molar-refractivity contribution is -0.197. The second-order valence-electron chi connectivity index (χ2n) is 6.87. The van der Waals surface area contributed by atoms with Crippen LogP contribution in [0.2, 0.25) is 0 Å². The summed E-state index contributed by atoms with van der Waals surface area (Å²) in [7, 11) is 3.40. The molecule has 0 N–H and O–H groups in total. The summed E-state index contributed by atoms with van der Waals surface area (Å²) >= 11 is 0. The number of alkyl halides is 1. The number of carbonyl (C=O) groups is 1. The molecule has 3 nitrogen and oxygen atoms in total. The van der Waals surface area contributed by atoms with E-state index in [0.717, 1.165) is 25.7 Å². The van der Waals surface area contributed by atoms with Crippen LogP contribution in [0.1, 0.15) is 51.4 Å². The topological polar surface area (TPSA) is 35.5 Å². The lowest BCUT2D eigenvalue weighted by Gasteiger charge is -2.61. The molecular formula is C16H25FO3. The molecular weight excluding hydrogens is 259 g/mol. The number of ether oxygens (including phenoxy) is 2. The zero-order valence-electron chi connectivity index (χ0n) is 12.5. The van der Waals surface area contributed by atoms with E-state index in [4.69, 9.17) is 9.47 Å². The molecule has 114 valence electrons. The molecule has 0 atom stereocenters. The first-order valence-electron chi connectivity index (χ1n) is 7.83. The average Bonchev–Trinajstić information content (AvgIpc) is 2.54. The summed E-state index contributed by atoms with van der Waals surface area (Å²) in [4.78, 5) is 12.8. The van der Waals surface area contributed by atoms with Crippen molar-refractivity contribution in [1.29, 1.82) is 0 Å². The van der Waals surface area contributed by atoms with Gasteiger partial charge >= 0.3 is 0 Å². The molecule has 3 rings (SSSR count). The van der Waals surface area contributed by atoms with Gasteiger partial charge in [0.05, 0.1) is 23.0 Å². The molecule has 0 amide bonds. The van der Waals surface area contributed by atoms with E-state index in [9.17, 15) is 4.79 Å². The molecule has 0 heterocycles. The van der Waals surface area contributed by atoms with Gasteiger partial charge in [-0.05, 0) is 51.4 Å². The van der Waals surface area contributed by atoms with Crippen LogP contribution >= 0.6 is 0 Å². The fourth-order valence-corrected chi connectivity index (χ4v) is 4.82. The van der Waals surface area contributed by atoms with Crippen LogP contribution in [0.4, 0.5) is 4.39 Å². The highest BCUT2D eigenvalue weighted by molar-refractivity contribution is 5.98. The van der Waals surface area contributed by atoms with Crippen LogP contribution in [0.15, 0.2) is 0 Å². The van der Waals surface area contributed by atoms with Crippen LogP contribution in [-0.4, -0.2) is 38.4 Å². The van der Waals surface area contributed by atoms with Crippen molar-refractivity contribution in [3.63, 3.8) is 0 Å². The molecule has 0 unspecified atom stereocenters. The van der Waals surface area contributed by atoms with Gasteiger partial charge in [0.2, 0.25) is 0 Å². The van der Waals surface area contributed by atoms with E-state index in [1.54, 1.807) is 14.2 Å². The fraction of sp³-hybridized carbons (Fsp3) is 0.938. The van der Waals surface area contributed by atoms with E-state index in [0.29, 0.717) is 25.7 Å². The summed E-state index contributed by atoms with van der Waals surface area (Å²) in [5.74, 6) is 0.210. The van der Waals surface area contributed by atoms with E-state index < -0.39 is 17.0 Å². The number of hydrogen-bond donors (Lipinski definition) is 0. The molecule has 0 aromatic rings. The number of ketones is 1. The molecule has 4 heteroatoms. The Hall–Kier alpha value is -0.480. The van der Waals surface area contributed by atoms with Gasteiger partial charge in [0, 0.05) is 14.2 Å². The minimum absolute atomic E-state index is 0.210. The zero-order valence-corrected chi connectivity index (χ0v) is 12.5. The fourth-order valence-electron chi connectivity index (χ4n) is 4.82. The van der Waals surface area contributed by atoms with Gasteiger partial charge in [-0.3, -0.25) is 4.79 Å². The maximum absolute atomic E-state index is 15.0. The highest BCUT2D eigenvalue weighted by Crippen LogP contribution is 2.64. The van der Waals surface area contributed by atoms with Crippen molar-refractivity contribution < 1.29 is 18.7 Å². The van der Waals surface area contributed by atoms with Crippen LogP contribution in [-0.2, 0) is 14.3 Å². The third kappa shape index (κ3) is 1.80. The van der Waals surface area contributed by atoms with Crippen molar-refractivity contribution >= 4 is 5.78 Å². The zero-order chi connectivity index (χ0) is 14.4. The smallest absolute Gasteiger partial charge is 0.151 e. The first-order valence-corrected chi connectivity index (χ1v) is 7.83. The van der Waals surface area contributed by atoms with Crippen molar-refractivity contribution in [3.8, 4) is 0 Å². The molecule has 3 saturated carbocycles. The number of carbonyl (C=O) groups excluding carboxylic acids is 1. The van der Waals surface area contributed by atoms with Crippen LogP contribution in [0.5, 0.6) is 0 Å². The molecule has 0 aromatic carbocycles. The first-order chi connectivity index (χ1) is 9.59. The Morgan fingerprint density at radius 2 is 1.25 bits per heavy atom. The van der Waals surface area contributed by atoms with Gasteiger partial charge in [0.1, 0.15) is 6.17 Å². The number of methoxy groups -OCH3 is 2. The predicted octanol–water partition coefficient (Wildman–Crippen LogP) is 3.06. The number of rotatable bonds is 2. The molecule has 0 aromatic heterocycles. The summed E-state index contributed by atoms with van der Waals surface area (Å²) in [6.07, 6.45) is 5.42. The highest BCUT2D eigenvalue weighted by atomic mass is 19.1. The molecule has 3 aliphatic carbocycles. The van der Waals surface area contributed by atoms with Gasteiger partial charge < -0.3 is 9.47 Å². The molecule has 0 bridgehead atoms. The van der Waals surface area contributed by atoms with Crippen molar-refractivity contribution in [2.24, 2.45) is 10.8 Å². The maximum atomic E-state index is 15.0. The Morgan fingerprint density at radius 3 is 1.50 bits per heavy atom. The van der Waals surface area contributed by atoms with Crippen molar-refractivity contribution in [1.82, 2.24) is 0 Å². The Labute approximate surface area is 120 Å². The molecule has 0 radical (unpaired) electrons. The normalized spacial score (nSPS) is 48.5. The number of halogens is 1. The highest BCUT2D eigenvalue weighted by Gasteiger charge is 2.71. The molecule has 0 aliphatic heterocycles. The van der Waals surface area contributed by atoms with E-state index in [-0.39, 0.29) is 18.0 Å². The molecule has 2 spiro atoms. The molecule has 3 aliphatic rings. The minimum atomic E-state index is -0.946. The number of Topliss-reactive ketones (excluding diaryl/α,β-unsaturated/α-hetero) is 1. The third-order valence-corrected chi connectivity index (χ3v) is 6.19. The summed E-state index contributed by atoms with van der Waals surface area (Å²) in [5.41, 5.74) is -1.34. The SMILES string of the molecule is COC1CCC2(CC1)C(=O)C1(CCC(OC)CC1)C2F. The van der Waals surface area contributed by atoms with Crippen molar-refractivity contribution in [2.45, 2.75) is 69.7 Å². The summed E-state index contributed by atoms with van der Waals surface area (Å²) < 4.78 is 25.7. The van der Waals surface area contributed by atoms with Gasteiger partial charge in [-0.2, -0.15) is 0 Å². The van der Waals surface area contributed by atoms with Gasteiger partial charge in [-0.25, -0.2) is 4.39 Å². The van der Waals surface area contributed by atoms with Crippen LogP contribution in [0.3, 0.4) is 0 Å². The van der Waals surface area contributed by atoms with Gasteiger partial charge in [0.25, 0.3) is 0 Å². The van der Waals surface area contributed by atoms with Gasteiger partial charge in [-0.1, -0.05) is 0 Å². The van der Waals surface area contributed by atoms with E-state index in [1.807, 2.05) is 0 Å². The standard InChI is InChI=1S/C16H25FO3/c1-19-11-3-7-15(8-4-11)13(17)16(14(15)18)9-5-12(20-2)6-10-16/h11-13H,3-10H2,1-2H3. The molecule has 20 heavy (non-hydrogen) atoms. The Balaban J connectivity index is 1.69. The quantitative estimate of drug-likeness (QED) is 0.782. The third-order valence-electron chi connectivity index (χ3n) is 6.19. The van der Waals surface area contributed by atoms with Gasteiger partial charge in [0.15, 0.2) is 5.78 Å². The lowest BCUT2D eigenvalue weighted by atomic mass is 9.42. The lowest BCUT2D eigenvalue weighted by Crippen LogP contribution is -2.69. The Kier molecular flexibility index (Phi) is 3.66.